The predicted octanol–water partition coefficient (Wildman–Crippen LogP) is 4.27. The molecule has 0 atom stereocenters. The quantitative estimate of drug-likeness (QED) is 0.541. The molecule has 5 nitrogen and oxygen atoms in total. The third kappa shape index (κ3) is 10.0. The second kappa shape index (κ2) is 12.4. The van der Waals surface area contributed by atoms with Gasteiger partial charge in [-0.05, 0) is 20.3 Å². The standard InChI is InChI=1S/C18H37N5.ClH/c1-5-6-7-8-9-10-11-12-13-14-15-23(4)17-20-16(19)21-18(2,3)22-17;/h5-15H2,1-4H3,(H3,19,20,21,22);1H. The molecule has 0 aromatic heterocycles. The van der Waals surface area contributed by atoms with Crippen LogP contribution in [0.1, 0.15) is 85.0 Å². The van der Waals surface area contributed by atoms with Crippen LogP contribution in [0.3, 0.4) is 0 Å². The fraction of sp³-hybridized carbons (Fsp3) is 0.889. The van der Waals surface area contributed by atoms with E-state index in [1.807, 2.05) is 20.9 Å². The van der Waals surface area contributed by atoms with Crippen molar-refractivity contribution in [3.05, 3.63) is 0 Å². The number of halogens is 1. The van der Waals surface area contributed by atoms with Gasteiger partial charge in [0, 0.05) is 13.6 Å². The zero-order valence-electron chi connectivity index (χ0n) is 16.1. The highest BCUT2D eigenvalue weighted by Gasteiger charge is 2.23. The molecule has 1 heterocycles. The summed E-state index contributed by atoms with van der Waals surface area (Å²) in [5, 5.41) is 3.06. The van der Waals surface area contributed by atoms with Gasteiger partial charge in [0.25, 0.3) is 0 Å². The molecule has 24 heavy (non-hydrogen) atoms. The normalized spacial score (nSPS) is 15.8. The van der Waals surface area contributed by atoms with Gasteiger partial charge in [-0.2, -0.15) is 4.99 Å². The Labute approximate surface area is 155 Å². The van der Waals surface area contributed by atoms with Crippen LogP contribution in [-0.2, 0) is 0 Å². The first-order valence-electron chi connectivity index (χ1n) is 9.38. The molecule has 0 radical (unpaired) electrons. The summed E-state index contributed by atoms with van der Waals surface area (Å²) in [6.07, 6.45) is 13.6. The minimum absolute atomic E-state index is 0. The average Bonchev–Trinajstić information content (AvgIpc) is 2.47. The van der Waals surface area contributed by atoms with Gasteiger partial charge in [-0.1, -0.05) is 64.7 Å². The van der Waals surface area contributed by atoms with Crippen LogP contribution in [0.15, 0.2) is 9.98 Å². The van der Waals surface area contributed by atoms with E-state index in [-0.39, 0.29) is 18.1 Å². The van der Waals surface area contributed by atoms with Crippen molar-refractivity contribution in [1.82, 2.24) is 10.2 Å². The van der Waals surface area contributed by atoms with Crippen molar-refractivity contribution in [3.63, 3.8) is 0 Å². The van der Waals surface area contributed by atoms with E-state index in [0.717, 1.165) is 12.5 Å². The van der Waals surface area contributed by atoms with E-state index in [1.165, 1.54) is 64.2 Å². The first kappa shape index (κ1) is 23.0. The Morgan fingerprint density at radius 3 is 1.96 bits per heavy atom. The van der Waals surface area contributed by atoms with E-state index < -0.39 is 0 Å². The lowest BCUT2D eigenvalue weighted by Gasteiger charge is -2.30. The maximum Gasteiger partial charge on any atom is 0.225 e. The van der Waals surface area contributed by atoms with Crippen molar-refractivity contribution < 1.29 is 0 Å². The summed E-state index contributed by atoms with van der Waals surface area (Å²) in [6.45, 7) is 7.26. The Morgan fingerprint density at radius 1 is 0.958 bits per heavy atom. The zero-order valence-corrected chi connectivity index (χ0v) is 16.9. The van der Waals surface area contributed by atoms with Crippen molar-refractivity contribution in [3.8, 4) is 0 Å². The maximum absolute atomic E-state index is 5.82. The van der Waals surface area contributed by atoms with Crippen LogP contribution in [0.25, 0.3) is 0 Å². The van der Waals surface area contributed by atoms with Crippen molar-refractivity contribution in [2.45, 2.75) is 90.6 Å². The van der Waals surface area contributed by atoms with Gasteiger partial charge in [-0.15, -0.1) is 12.4 Å². The number of rotatable bonds is 11. The van der Waals surface area contributed by atoms with Crippen LogP contribution in [0.4, 0.5) is 0 Å². The smallest absolute Gasteiger partial charge is 0.225 e. The van der Waals surface area contributed by atoms with Gasteiger partial charge in [0.05, 0.1) is 0 Å². The van der Waals surface area contributed by atoms with Crippen LogP contribution in [0.5, 0.6) is 0 Å². The minimum Gasteiger partial charge on any atom is -0.370 e. The van der Waals surface area contributed by atoms with Crippen LogP contribution in [0, 0.1) is 0 Å². The van der Waals surface area contributed by atoms with E-state index in [4.69, 9.17) is 5.73 Å². The van der Waals surface area contributed by atoms with Crippen LogP contribution < -0.4 is 11.1 Å². The topological polar surface area (TPSA) is 66.0 Å². The van der Waals surface area contributed by atoms with Crippen LogP contribution in [0.2, 0.25) is 0 Å². The molecule has 0 aliphatic carbocycles. The second-order valence-corrected chi connectivity index (χ2v) is 7.20. The fourth-order valence-corrected chi connectivity index (χ4v) is 2.86. The molecule has 0 bridgehead atoms. The average molecular weight is 360 g/mol. The van der Waals surface area contributed by atoms with Crippen LogP contribution >= 0.6 is 12.4 Å². The number of nitrogens with two attached hydrogens (primary N) is 1. The molecule has 0 saturated carbocycles. The molecule has 6 heteroatoms. The van der Waals surface area contributed by atoms with Crippen LogP contribution in [-0.4, -0.2) is 36.1 Å². The minimum atomic E-state index is -0.368. The van der Waals surface area contributed by atoms with E-state index >= 15 is 0 Å². The third-order valence-electron chi connectivity index (χ3n) is 4.22. The Hall–Kier alpha value is -0.970. The molecular weight excluding hydrogens is 322 g/mol. The number of nitrogens with zero attached hydrogens (tertiary/aromatic N) is 3. The van der Waals surface area contributed by atoms with Gasteiger partial charge in [0.15, 0.2) is 5.96 Å². The lowest BCUT2D eigenvalue weighted by Crippen LogP contribution is -2.51. The SMILES string of the molecule is CCCCCCCCCCCCN(C)C1=NC(C)(C)NC(N)=N1.Cl. The molecule has 1 aliphatic rings. The first-order valence-corrected chi connectivity index (χ1v) is 9.38. The lowest BCUT2D eigenvalue weighted by molar-refractivity contribution is 0.424. The Balaban J connectivity index is 0.00000529. The number of aliphatic imine (C=N–C) groups is 2. The molecule has 1 aliphatic heterocycles. The summed E-state index contributed by atoms with van der Waals surface area (Å²) in [7, 11) is 2.05. The van der Waals surface area contributed by atoms with Gasteiger partial charge < -0.3 is 16.0 Å². The third-order valence-corrected chi connectivity index (χ3v) is 4.22. The molecule has 0 fully saturated rings. The molecule has 0 aromatic rings. The summed E-state index contributed by atoms with van der Waals surface area (Å²) in [5.41, 5.74) is 5.46. The summed E-state index contributed by atoms with van der Waals surface area (Å²) in [4.78, 5) is 11.0. The molecule has 0 unspecified atom stereocenters. The number of guanidine groups is 2. The molecule has 0 saturated heterocycles. The number of unbranched alkanes of at least 4 members (excludes halogenated alkanes) is 9. The predicted molar refractivity (Wildman–Crippen MR) is 108 cm³/mol. The maximum atomic E-state index is 5.82. The summed E-state index contributed by atoms with van der Waals surface area (Å²) < 4.78 is 0. The van der Waals surface area contributed by atoms with Crippen molar-refractivity contribution >= 4 is 24.3 Å². The van der Waals surface area contributed by atoms with Crippen molar-refractivity contribution in [1.29, 1.82) is 0 Å². The van der Waals surface area contributed by atoms with Crippen molar-refractivity contribution in [2.75, 3.05) is 13.6 Å². The first-order chi connectivity index (χ1) is 10.9. The van der Waals surface area contributed by atoms with Gasteiger partial charge in [0.2, 0.25) is 5.96 Å². The van der Waals surface area contributed by atoms with Gasteiger partial charge in [-0.3, -0.25) is 0 Å². The highest BCUT2D eigenvalue weighted by molar-refractivity contribution is 5.96. The molecule has 1 rings (SSSR count). The summed E-state index contributed by atoms with van der Waals surface area (Å²) in [5.74, 6) is 1.19. The Kier molecular flexibility index (Phi) is 11.9. The van der Waals surface area contributed by atoms with E-state index in [2.05, 4.69) is 27.1 Å². The Morgan fingerprint density at radius 2 is 1.46 bits per heavy atom. The summed E-state index contributed by atoms with van der Waals surface area (Å²) >= 11 is 0. The number of hydrogen-bond acceptors (Lipinski definition) is 5. The fourth-order valence-electron chi connectivity index (χ4n) is 2.86. The second-order valence-electron chi connectivity index (χ2n) is 7.20. The molecular formula is C18H38ClN5. The largest absolute Gasteiger partial charge is 0.370 e. The highest BCUT2D eigenvalue weighted by atomic mass is 35.5. The van der Waals surface area contributed by atoms with E-state index in [1.54, 1.807) is 0 Å². The van der Waals surface area contributed by atoms with E-state index in [0.29, 0.717) is 5.96 Å². The Bertz CT molecular complexity index is 393. The molecule has 0 spiro atoms. The lowest BCUT2D eigenvalue weighted by atomic mass is 10.1. The molecule has 0 aromatic carbocycles. The highest BCUT2D eigenvalue weighted by Crippen LogP contribution is 2.12. The van der Waals surface area contributed by atoms with Gasteiger partial charge in [0.1, 0.15) is 5.66 Å². The summed E-state index contributed by atoms with van der Waals surface area (Å²) in [6, 6.07) is 0. The number of hydrogen-bond donors (Lipinski definition) is 2. The molecule has 0 amide bonds. The molecule has 142 valence electrons. The number of nitrogens with one attached hydrogen (secondary N) is 1. The van der Waals surface area contributed by atoms with Gasteiger partial charge in [-0.25, -0.2) is 4.99 Å². The monoisotopic (exact) mass is 359 g/mol. The van der Waals surface area contributed by atoms with Crippen molar-refractivity contribution in [2.24, 2.45) is 15.7 Å². The van der Waals surface area contributed by atoms with Gasteiger partial charge >= 0.3 is 0 Å². The molecule has 3 N–H and O–H groups in total. The zero-order chi connectivity index (χ0) is 17.1. The van der Waals surface area contributed by atoms with E-state index in [9.17, 15) is 0 Å².